The van der Waals surface area contributed by atoms with Crippen molar-refractivity contribution in [3.63, 3.8) is 0 Å². The Morgan fingerprint density at radius 1 is 1.25 bits per heavy atom. The minimum absolute atomic E-state index is 0.396. The first kappa shape index (κ1) is 9.64. The fraction of sp³-hybridized carbons (Fsp3) is 0.357. The van der Waals surface area contributed by atoms with E-state index in [1.54, 1.807) is 0 Å². The molecule has 16 heavy (non-hydrogen) atoms. The molecule has 3 rings (SSSR count). The van der Waals surface area contributed by atoms with Crippen molar-refractivity contribution >= 4 is 0 Å². The molecule has 0 radical (unpaired) electrons. The topological polar surface area (TPSA) is 26.0 Å². The molecule has 0 bridgehead atoms. The van der Waals surface area contributed by atoms with E-state index in [9.17, 15) is 0 Å². The zero-order chi connectivity index (χ0) is 11.2. The van der Waals surface area contributed by atoms with Crippen LogP contribution in [-0.2, 0) is 0 Å². The van der Waals surface area contributed by atoms with Crippen LogP contribution in [0.4, 0.5) is 0 Å². The minimum Gasteiger partial charge on any atom is -0.441 e. The van der Waals surface area contributed by atoms with Gasteiger partial charge >= 0.3 is 0 Å². The number of hydrogen-bond acceptors (Lipinski definition) is 2. The van der Waals surface area contributed by atoms with E-state index in [2.05, 4.69) is 18.8 Å². The summed E-state index contributed by atoms with van der Waals surface area (Å²) in [5.74, 6) is 2.32. The van der Waals surface area contributed by atoms with Crippen molar-refractivity contribution in [1.82, 2.24) is 4.98 Å². The fourth-order valence-electron chi connectivity index (χ4n) is 2.11. The Labute approximate surface area is 95.3 Å². The Hall–Kier alpha value is -1.57. The van der Waals surface area contributed by atoms with E-state index < -0.39 is 0 Å². The smallest absolute Gasteiger partial charge is 0.226 e. The number of aromatic nitrogens is 1. The van der Waals surface area contributed by atoms with Crippen molar-refractivity contribution in [2.24, 2.45) is 5.41 Å². The van der Waals surface area contributed by atoms with E-state index in [0.29, 0.717) is 11.3 Å². The van der Waals surface area contributed by atoms with Crippen molar-refractivity contribution in [1.29, 1.82) is 0 Å². The quantitative estimate of drug-likeness (QED) is 0.757. The second kappa shape index (κ2) is 3.21. The molecule has 1 aromatic heterocycles. The summed E-state index contributed by atoms with van der Waals surface area (Å²) in [6, 6.07) is 10.0. The van der Waals surface area contributed by atoms with Gasteiger partial charge in [-0.3, -0.25) is 0 Å². The van der Waals surface area contributed by atoms with E-state index in [0.717, 1.165) is 17.2 Å². The maximum atomic E-state index is 5.82. The molecule has 1 aromatic carbocycles. The van der Waals surface area contributed by atoms with Crippen molar-refractivity contribution in [2.75, 3.05) is 0 Å². The highest BCUT2D eigenvalue weighted by Crippen LogP contribution is 2.58. The lowest BCUT2D eigenvalue weighted by Gasteiger charge is -1.98. The SMILES string of the molecule is CC1(C)CC1c1cnc(-c2ccccc2)o1. The lowest BCUT2D eigenvalue weighted by Crippen LogP contribution is -1.87. The minimum atomic E-state index is 0.396. The van der Waals surface area contributed by atoms with E-state index >= 15 is 0 Å². The van der Waals surface area contributed by atoms with Crippen molar-refractivity contribution < 1.29 is 4.42 Å². The van der Waals surface area contributed by atoms with E-state index in [1.165, 1.54) is 6.42 Å². The Morgan fingerprint density at radius 2 is 1.94 bits per heavy atom. The average Bonchev–Trinajstić information content (AvgIpc) is 2.76. The highest BCUT2D eigenvalue weighted by atomic mass is 16.4. The van der Waals surface area contributed by atoms with E-state index in [1.807, 2.05) is 36.5 Å². The zero-order valence-corrected chi connectivity index (χ0v) is 9.60. The Bertz CT molecular complexity index is 498. The summed E-state index contributed by atoms with van der Waals surface area (Å²) >= 11 is 0. The molecule has 1 fully saturated rings. The number of hydrogen-bond donors (Lipinski definition) is 0. The first-order valence-electron chi connectivity index (χ1n) is 5.68. The van der Waals surface area contributed by atoms with E-state index in [4.69, 9.17) is 4.42 Å². The summed E-state index contributed by atoms with van der Waals surface area (Å²) in [4.78, 5) is 4.35. The van der Waals surface area contributed by atoms with Crippen LogP contribution in [0.2, 0.25) is 0 Å². The first-order valence-corrected chi connectivity index (χ1v) is 5.68. The average molecular weight is 213 g/mol. The molecule has 1 aliphatic carbocycles. The molecule has 82 valence electrons. The number of rotatable bonds is 2. The van der Waals surface area contributed by atoms with Gasteiger partial charge in [-0.25, -0.2) is 4.98 Å². The first-order chi connectivity index (χ1) is 7.67. The van der Waals surface area contributed by atoms with Crippen LogP contribution in [0.5, 0.6) is 0 Å². The second-order valence-electron chi connectivity index (χ2n) is 5.18. The Balaban J connectivity index is 1.89. The molecule has 1 atom stereocenters. The highest BCUT2D eigenvalue weighted by molar-refractivity contribution is 5.52. The third-order valence-electron chi connectivity index (χ3n) is 3.40. The lowest BCUT2D eigenvalue weighted by atomic mass is 10.1. The molecule has 2 heteroatoms. The van der Waals surface area contributed by atoms with Crippen LogP contribution in [-0.4, -0.2) is 4.98 Å². The van der Waals surface area contributed by atoms with Gasteiger partial charge in [-0.15, -0.1) is 0 Å². The van der Waals surface area contributed by atoms with Crippen LogP contribution in [0, 0.1) is 5.41 Å². The van der Waals surface area contributed by atoms with Gasteiger partial charge in [-0.2, -0.15) is 0 Å². The predicted molar refractivity (Wildman–Crippen MR) is 63.1 cm³/mol. The largest absolute Gasteiger partial charge is 0.441 e. The number of oxazole rings is 1. The van der Waals surface area contributed by atoms with Crippen LogP contribution >= 0.6 is 0 Å². The molecule has 0 aliphatic heterocycles. The maximum absolute atomic E-state index is 5.82. The molecule has 0 spiro atoms. The third-order valence-corrected chi connectivity index (χ3v) is 3.40. The molecule has 1 aliphatic rings. The Kier molecular flexibility index (Phi) is 1.93. The molecule has 2 aromatic rings. The van der Waals surface area contributed by atoms with Gasteiger partial charge in [0.15, 0.2) is 0 Å². The monoisotopic (exact) mass is 213 g/mol. The molecule has 0 saturated heterocycles. The lowest BCUT2D eigenvalue weighted by molar-refractivity contribution is 0.489. The Morgan fingerprint density at radius 3 is 2.56 bits per heavy atom. The van der Waals surface area contributed by atoms with Crippen LogP contribution in [0.1, 0.15) is 31.9 Å². The summed E-state index contributed by atoms with van der Waals surface area (Å²) in [7, 11) is 0. The number of nitrogens with zero attached hydrogens (tertiary/aromatic N) is 1. The number of benzene rings is 1. The molecule has 1 heterocycles. The van der Waals surface area contributed by atoms with Gasteiger partial charge in [-0.05, 0) is 24.0 Å². The molecule has 0 N–H and O–H groups in total. The normalized spacial score (nSPS) is 22.0. The van der Waals surface area contributed by atoms with Crippen molar-refractivity contribution in [2.45, 2.75) is 26.2 Å². The zero-order valence-electron chi connectivity index (χ0n) is 9.60. The van der Waals surface area contributed by atoms with Crippen molar-refractivity contribution in [3.8, 4) is 11.5 Å². The van der Waals surface area contributed by atoms with Gasteiger partial charge in [0.2, 0.25) is 5.89 Å². The van der Waals surface area contributed by atoms with Crippen molar-refractivity contribution in [3.05, 3.63) is 42.3 Å². The third kappa shape index (κ3) is 1.54. The predicted octanol–water partition coefficient (Wildman–Crippen LogP) is 3.86. The van der Waals surface area contributed by atoms with Gasteiger partial charge < -0.3 is 4.42 Å². The highest BCUT2D eigenvalue weighted by Gasteiger charge is 2.48. The molecular formula is C14H15NO. The van der Waals surface area contributed by atoms with Crippen LogP contribution < -0.4 is 0 Å². The summed E-state index contributed by atoms with van der Waals surface area (Å²) < 4.78 is 5.82. The standard InChI is InChI=1S/C14H15NO/c1-14(2)8-11(14)12-9-15-13(16-12)10-6-4-3-5-7-10/h3-7,9,11H,8H2,1-2H3. The van der Waals surface area contributed by atoms with Gasteiger partial charge in [0, 0.05) is 11.5 Å². The molecule has 1 unspecified atom stereocenters. The van der Waals surface area contributed by atoms with Gasteiger partial charge in [0.1, 0.15) is 5.76 Å². The summed E-state index contributed by atoms with van der Waals surface area (Å²) in [5, 5.41) is 0. The molecular weight excluding hydrogens is 198 g/mol. The van der Waals surface area contributed by atoms with Gasteiger partial charge in [0.05, 0.1) is 6.20 Å². The summed E-state index contributed by atoms with van der Waals surface area (Å²) in [6.45, 7) is 4.53. The second-order valence-corrected chi connectivity index (χ2v) is 5.18. The van der Waals surface area contributed by atoms with E-state index in [-0.39, 0.29) is 0 Å². The summed E-state index contributed by atoms with van der Waals surface area (Å²) in [5.41, 5.74) is 1.44. The molecule has 2 nitrogen and oxygen atoms in total. The fourth-order valence-corrected chi connectivity index (χ4v) is 2.11. The van der Waals surface area contributed by atoms with Crippen LogP contribution in [0.25, 0.3) is 11.5 Å². The van der Waals surface area contributed by atoms with Crippen LogP contribution in [0.3, 0.4) is 0 Å². The summed E-state index contributed by atoms with van der Waals surface area (Å²) in [6.07, 6.45) is 3.08. The molecule has 0 amide bonds. The van der Waals surface area contributed by atoms with Crippen LogP contribution in [0.15, 0.2) is 40.9 Å². The van der Waals surface area contributed by atoms with Gasteiger partial charge in [0.25, 0.3) is 0 Å². The van der Waals surface area contributed by atoms with Gasteiger partial charge in [-0.1, -0.05) is 32.0 Å². The molecule has 1 saturated carbocycles. The maximum Gasteiger partial charge on any atom is 0.226 e.